The molecule has 5 aromatic rings. The van der Waals surface area contributed by atoms with Gasteiger partial charge in [-0.05, 0) is 77.5 Å². The number of carbonyl (C=O) groups excluding carboxylic acids is 1. The zero-order chi connectivity index (χ0) is 34.7. The molecule has 0 atom stereocenters. The maximum atomic E-state index is 11.7. The standard InChI is InChI=1S/C31H28NS.C13H24O2.Ir/c1-18(2)14-20-10-11-22-23-12-13-32-29(30(23)33-27(22)16-20)21-15-19(3)28-24-8-6-7-9-25(24)31(4,5)26(28)17-21;1-5-10(6-2)12(14)9-13(15)11(7-3)8-4;/h6-13,16-18H,14H2,1-5H3;9-11,14H,5-8H2,1-4H3;/q-1;;/b;12-9-;. The molecule has 49 heavy (non-hydrogen) atoms. The SMILES string of the molecule is CCC(CC)C(=O)/C=C(\O)C(CC)CC.Cc1[c-]c(-c2nccc3c2sc2cc(CC(C)C)ccc23)cc2c1-c1ccccc1C2(C)C.[Ir]. The third-order valence-corrected chi connectivity index (χ3v) is 11.4. The van der Waals surface area contributed by atoms with E-state index in [1.54, 1.807) is 0 Å². The van der Waals surface area contributed by atoms with Crippen LogP contribution in [-0.4, -0.2) is 15.9 Å². The molecule has 0 unspecified atom stereocenters. The quantitative estimate of drug-likeness (QED) is 0.0865. The van der Waals surface area contributed by atoms with Crippen molar-refractivity contribution in [3.05, 3.63) is 101 Å². The molecule has 1 radical (unpaired) electrons. The number of fused-ring (bicyclic) bond motifs is 6. The minimum Gasteiger partial charge on any atom is -0.512 e. The molecular weight excluding hydrogens is 799 g/mol. The molecule has 0 aliphatic heterocycles. The molecule has 2 heterocycles. The average Bonchev–Trinajstić information content (AvgIpc) is 3.54. The number of allylic oxidation sites excluding steroid dienone is 2. The van der Waals surface area contributed by atoms with E-state index in [1.807, 2.05) is 45.2 Å². The number of pyridine rings is 1. The van der Waals surface area contributed by atoms with Crippen LogP contribution in [0.4, 0.5) is 0 Å². The number of hydrogen-bond donors (Lipinski definition) is 1. The van der Waals surface area contributed by atoms with Crippen LogP contribution in [0.3, 0.4) is 0 Å². The van der Waals surface area contributed by atoms with Gasteiger partial charge in [0, 0.05) is 59.3 Å². The molecular formula is C44H52IrNO2S-. The van der Waals surface area contributed by atoms with Crippen molar-refractivity contribution in [3.8, 4) is 22.4 Å². The van der Waals surface area contributed by atoms with Crippen LogP contribution in [0.15, 0.2) is 72.6 Å². The number of aliphatic hydroxyl groups is 1. The van der Waals surface area contributed by atoms with E-state index in [0.717, 1.165) is 43.4 Å². The Morgan fingerprint density at radius 3 is 2.24 bits per heavy atom. The van der Waals surface area contributed by atoms with Gasteiger partial charge < -0.3 is 10.1 Å². The smallest absolute Gasteiger partial charge is 0.162 e. The molecule has 0 saturated heterocycles. The minimum atomic E-state index is -0.0274. The summed E-state index contributed by atoms with van der Waals surface area (Å²) in [5.41, 5.74) is 10.2. The monoisotopic (exact) mass is 851 g/mol. The Hall–Kier alpha value is -3.11. The van der Waals surface area contributed by atoms with Crippen molar-refractivity contribution < 1.29 is 30.0 Å². The van der Waals surface area contributed by atoms with Gasteiger partial charge in [-0.25, -0.2) is 0 Å². The van der Waals surface area contributed by atoms with Crippen molar-refractivity contribution in [2.24, 2.45) is 17.8 Å². The Morgan fingerprint density at radius 2 is 1.59 bits per heavy atom. The summed E-state index contributed by atoms with van der Waals surface area (Å²) in [6.45, 7) is 19.5. The summed E-state index contributed by atoms with van der Waals surface area (Å²) in [6.07, 6.45) is 7.98. The number of aliphatic hydroxyl groups excluding tert-OH is 1. The second kappa shape index (κ2) is 16.3. The molecule has 0 saturated carbocycles. The predicted octanol–water partition coefficient (Wildman–Crippen LogP) is 12.6. The van der Waals surface area contributed by atoms with Crippen molar-refractivity contribution in [3.63, 3.8) is 0 Å². The fourth-order valence-corrected chi connectivity index (χ4v) is 8.66. The Morgan fingerprint density at radius 1 is 0.918 bits per heavy atom. The van der Waals surface area contributed by atoms with Crippen molar-refractivity contribution in [1.82, 2.24) is 4.98 Å². The molecule has 0 bridgehead atoms. The normalized spacial score (nSPS) is 13.4. The first kappa shape index (κ1) is 38.7. The Kier molecular flexibility index (Phi) is 12.9. The Bertz CT molecular complexity index is 1960. The first-order chi connectivity index (χ1) is 22.9. The second-order valence-corrected chi connectivity index (χ2v) is 15.4. The number of benzene rings is 3. The topological polar surface area (TPSA) is 50.2 Å². The van der Waals surface area contributed by atoms with Crippen molar-refractivity contribution in [1.29, 1.82) is 0 Å². The van der Waals surface area contributed by atoms with E-state index in [4.69, 9.17) is 4.98 Å². The van der Waals surface area contributed by atoms with Crippen LogP contribution in [0.25, 0.3) is 42.6 Å². The van der Waals surface area contributed by atoms with Crippen molar-refractivity contribution in [2.75, 3.05) is 0 Å². The molecule has 0 amide bonds. The van der Waals surface area contributed by atoms with Crippen LogP contribution in [-0.2, 0) is 36.7 Å². The van der Waals surface area contributed by atoms with Crippen LogP contribution in [0.1, 0.15) is 103 Å². The number of thiophene rings is 1. The Labute approximate surface area is 311 Å². The Balaban J connectivity index is 0.000000290. The van der Waals surface area contributed by atoms with E-state index in [1.165, 1.54) is 59.6 Å². The summed E-state index contributed by atoms with van der Waals surface area (Å²) in [7, 11) is 0. The van der Waals surface area contributed by atoms with Crippen LogP contribution >= 0.6 is 11.3 Å². The van der Waals surface area contributed by atoms with Gasteiger partial charge in [-0.2, -0.15) is 0 Å². The third kappa shape index (κ3) is 7.80. The summed E-state index contributed by atoms with van der Waals surface area (Å²) in [4.78, 5) is 16.6. The van der Waals surface area contributed by atoms with Crippen LogP contribution in [0, 0.1) is 30.7 Å². The van der Waals surface area contributed by atoms with E-state index >= 15 is 0 Å². The van der Waals surface area contributed by atoms with Gasteiger partial charge in [-0.1, -0.05) is 110 Å². The fourth-order valence-electron chi connectivity index (χ4n) is 7.39. The van der Waals surface area contributed by atoms with Gasteiger partial charge in [0.25, 0.3) is 0 Å². The van der Waals surface area contributed by atoms with Crippen molar-refractivity contribution >= 4 is 37.3 Å². The predicted molar refractivity (Wildman–Crippen MR) is 206 cm³/mol. The molecule has 1 aliphatic rings. The van der Waals surface area contributed by atoms with Crippen LogP contribution in [0.2, 0.25) is 0 Å². The molecule has 3 aromatic carbocycles. The van der Waals surface area contributed by atoms with Gasteiger partial charge in [0.05, 0.1) is 5.76 Å². The molecule has 261 valence electrons. The second-order valence-electron chi connectivity index (χ2n) is 14.3. The number of ketones is 1. The summed E-state index contributed by atoms with van der Waals surface area (Å²) < 4.78 is 2.61. The van der Waals surface area contributed by atoms with Gasteiger partial charge in [-0.15, -0.1) is 40.2 Å². The van der Waals surface area contributed by atoms with Crippen LogP contribution in [0.5, 0.6) is 0 Å². The van der Waals surface area contributed by atoms with Crippen LogP contribution < -0.4 is 0 Å². The molecule has 5 heteroatoms. The number of aromatic nitrogens is 1. The van der Waals surface area contributed by atoms with E-state index in [2.05, 4.69) is 95.3 Å². The number of carbonyl (C=O) groups is 1. The van der Waals surface area contributed by atoms with Gasteiger partial charge >= 0.3 is 0 Å². The van der Waals surface area contributed by atoms with E-state index in [0.29, 0.717) is 5.92 Å². The summed E-state index contributed by atoms with van der Waals surface area (Å²) in [5.74, 6) is 1.21. The molecule has 2 aromatic heterocycles. The molecule has 0 fully saturated rings. The summed E-state index contributed by atoms with van der Waals surface area (Å²) >= 11 is 1.87. The minimum absolute atomic E-state index is 0. The zero-order valence-electron chi connectivity index (χ0n) is 30.7. The number of nitrogens with zero attached hydrogens (tertiary/aromatic N) is 1. The van der Waals surface area contributed by atoms with Gasteiger partial charge in [0.15, 0.2) is 5.78 Å². The molecule has 1 aliphatic carbocycles. The summed E-state index contributed by atoms with van der Waals surface area (Å²) in [5, 5.41) is 12.4. The van der Waals surface area contributed by atoms with E-state index in [9.17, 15) is 9.90 Å². The third-order valence-electron chi connectivity index (χ3n) is 10.2. The summed E-state index contributed by atoms with van der Waals surface area (Å²) in [6, 6.07) is 24.0. The number of hydrogen-bond acceptors (Lipinski definition) is 4. The molecule has 3 nitrogen and oxygen atoms in total. The maximum Gasteiger partial charge on any atom is 0.162 e. The maximum absolute atomic E-state index is 11.7. The molecule has 1 N–H and O–H groups in total. The molecule has 6 rings (SSSR count). The van der Waals surface area contributed by atoms with Crippen molar-refractivity contribution in [2.45, 2.75) is 99.8 Å². The van der Waals surface area contributed by atoms with Gasteiger partial charge in [-0.3, -0.25) is 4.79 Å². The first-order valence-electron chi connectivity index (χ1n) is 17.9. The largest absolute Gasteiger partial charge is 0.512 e. The number of aryl methyl sites for hydroxylation is 1. The molecule has 0 spiro atoms. The van der Waals surface area contributed by atoms with Gasteiger partial charge in [0.1, 0.15) is 0 Å². The average molecular weight is 851 g/mol. The van der Waals surface area contributed by atoms with E-state index in [-0.39, 0.29) is 48.9 Å². The fraction of sp³-hybridized carbons (Fsp3) is 0.409. The van der Waals surface area contributed by atoms with Gasteiger partial charge in [0.2, 0.25) is 0 Å². The van der Waals surface area contributed by atoms with E-state index < -0.39 is 0 Å². The first-order valence-corrected chi connectivity index (χ1v) is 18.7. The zero-order valence-corrected chi connectivity index (χ0v) is 33.9. The number of rotatable bonds is 10.